The van der Waals surface area contributed by atoms with E-state index in [2.05, 4.69) is 18.8 Å². The Balaban J connectivity index is 2.36. The summed E-state index contributed by atoms with van der Waals surface area (Å²) < 4.78 is 5.71. The lowest BCUT2D eigenvalue weighted by Gasteiger charge is -2.10. The fourth-order valence-corrected chi connectivity index (χ4v) is 2.65. The van der Waals surface area contributed by atoms with Gasteiger partial charge in [0.15, 0.2) is 0 Å². The Hall–Kier alpha value is -1.55. The molecule has 1 aromatic heterocycles. The van der Waals surface area contributed by atoms with E-state index in [1.54, 1.807) is 11.3 Å². The third-order valence-corrected chi connectivity index (χ3v) is 3.83. The number of thiazole rings is 1. The van der Waals surface area contributed by atoms with Crippen molar-refractivity contribution in [3.05, 3.63) is 29.3 Å². The first-order valence-corrected chi connectivity index (χ1v) is 7.32. The minimum Gasteiger partial charge on any atom is -0.491 e. The average molecular weight is 276 g/mol. The van der Waals surface area contributed by atoms with Crippen molar-refractivity contribution in [3.63, 3.8) is 0 Å². The standard InChI is InChI=1S/C15H20N2OS/c1-9(2)15-17-13(14(16)19-15)11-6-5-7-12(8-11)18-10(3)4/h5-10H,16H2,1-4H3. The van der Waals surface area contributed by atoms with Crippen LogP contribution in [0.25, 0.3) is 11.3 Å². The first-order valence-electron chi connectivity index (χ1n) is 6.50. The van der Waals surface area contributed by atoms with E-state index < -0.39 is 0 Å². The van der Waals surface area contributed by atoms with E-state index in [4.69, 9.17) is 10.5 Å². The summed E-state index contributed by atoms with van der Waals surface area (Å²) in [6.07, 6.45) is 0.161. The molecule has 2 N–H and O–H groups in total. The highest BCUT2D eigenvalue weighted by Gasteiger charge is 2.13. The van der Waals surface area contributed by atoms with Gasteiger partial charge >= 0.3 is 0 Å². The van der Waals surface area contributed by atoms with Crippen molar-refractivity contribution in [2.75, 3.05) is 5.73 Å². The zero-order valence-electron chi connectivity index (χ0n) is 11.8. The molecule has 0 saturated carbocycles. The van der Waals surface area contributed by atoms with E-state index >= 15 is 0 Å². The number of ether oxygens (including phenoxy) is 1. The Morgan fingerprint density at radius 1 is 1.21 bits per heavy atom. The van der Waals surface area contributed by atoms with Crippen molar-refractivity contribution in [2.24, 2.45) is 0 Å². The number of hydrogen-bond donors (Lipinski definition) is 1. The lowest BCUT2D eigenvalue weighted by atomic mass is 10.1. The van der Waals surface area contributed by atoms with Crippen LogP contribution in [-0.2, 0) is 0 Å². The average Bonchev–Trinajstić information content (AvgIpc) is 2.71. The van der Waals surface area contributed by atoms with Gasteiger partial charge in [0.2, 0.25) is 0 Å². The minimum atomic E-state index is 0.161. The van der Waals surface area contributed by atoms with Crippen molar-refractivity contribution in [3.8, 4) is 17.0 Å². The Labute approximate surface area is 118 Å². The summed E-state index contributed by atoms with van der Waals surface area (Å²) in [4.78, 5) is 4.64. The highest BCUT2D eigenvalue weighted by molar-refractivity contribution is 7.16. The van der Waals surface area contributed by atoms with Crippen LogP contribution >= 0.6 is 11.3 Å². The number of anilines is 1. The van der Waals surface area contributed by atoms with Crippen LogP contribution in [0.5, 0.6) is 5.75 Å². The van der Waals surface area contributed by atoms with Gasteiger partial charge in [-0.15, -0.1) is 11.3 Å². The van der Waals surface area contributed by atoms with Gasteiger partial charge in [-0.05, 0) is 26.0 Å². The first-order chi connectivity index (χ1) is 8.97. The van der Waals surface area contributed by atoms with Gasteiger partial charge in [-0.25, -0.2) is 4.98 Å². The van der Waals surface area contributed by atoms with Crippen molar-refractivity contribution >= 4 is 16.3 Å². The number of nitrogens with zero attached hydrogens (tertiary/aromatic N) is 1. The fourth-order valence-electron chi connectivity index (χ4n) is 1.79. The molecule has 0 aliphatic carbocycles. The zero-order chi connectivity index (χ0) is 14.0. The Morgan fingerprint density at radius 3 is 2.53 bits per heavy atom. The Morgan fingerprint density at radius 2 is 1.95 bits per heavy atom. The van der Waals surface area contributed by atoms with Crippen LogP contribution in [0.1, 0.15) is 38.6 Å². The maximum absolute atomic E-state index is 6.08. The molecule has 0 aliphatic rings. The molecule has 0 unspecified atom stereocenters. The van der Waals surface area contributed by atoms with E-state index in [1.807, 2.05) is 38.1 Å². The number of nitrogen functional groups attached to an aromatic ring is 1. The van der Waals surface area contributed by atoms with Crippen LogP contribution in [0.2, 0.25) is 0 Å². The molecule has 0 radical (unpaired) electrons. The second-order valence-electron chi connectivity index (χ2n) is 5.11. The van der Waals surface area contributed by atoms with Gasteiger partial charge in [0.25, 0.3) is 0 Å². The molecule has 102 valence electrons. The lowest BCUT2D eigenvalue weighted by molar-refractivity contribution is 0.242. The van der Waals surface area contributed by atoms with Crippen molar-refractivity contribution in [1.82, 2.24) is 4.98 Å². The smallest absolute Gasteiger partial charge is 0.120 e. The van der Waals surface area contributed by atoms with Crippen LogP contribution in [0.3, 0.4) is 0 Å². The second kappa shape index (κ2) is 5.61. The molecular weight excluding hydrogens is 256 g/mol. The van der Waals surface area contributed by atoms with Gasteiger partial charge < -0.3 is 10.5 Å². The van der Waals surface area contributed by atoms with Crippen molar-refractivity contribution in [1.29, 1.82) is 0 Å². The maximum atomic E-state index is 6.08. The van der Waals surface area contributed by atoms with Crippen LogP contribution in [0, 0.1) is 0 Å². The molecule has 4 heteroatoms. The summed E-state index contributed by atoms with van der Waals surface area (Å²) in [5.74, 6) is 1.25. The maximum Gasteiger partial charge on any atom is 0.120 e. The third kappa shape index (κ3) is 3.26. The molecule has 2 rings (SSSR count). The molecule has 1 aromatic carbocycles. The normalized spacial score (nSPS) is 11.3. The summed E-state index contributed by atoms with van der Waals surface area (Å²) in [5.41, 5.74) is 7.95. The van der Waals surface area contributed by atoms with Gasteiger partial charge in [-0.3, -0.25) is 0 Å². The molecule has 3 nitrogen and oxygen atoms in total. The van der Waals surface area contributed by atoms with E-state index in [9.17, 15) is 0 Å². The van der Waals surface area contributed by atoms with Gasteiger partial charge in [-0.2, -0.15) is 0 Å². The summed E-state index contributed by atoms with van der Waals surface area (Å²) >= 11 is 1.56. The highest BCUT2D eigenvalue weighted by atomic mass is 32.1. The van der Waals surface area contributed by atoms with Gasteiger partial charge in [0.1, 0.15) is 16.4 Å². The van der Waals surface area contributed by atoms with Crippen LogP contribution in [-0.4, -0.2) is 11.1 Å². The van der Waals surface area contributed by atoms with Crippen LogP contribution in [0.15, 0.2) is 24.3 Å². The van der Waals surface area contributed by atoms with Gasteiger partial charge in [0.05, 0.1) is 11.1 Å². The lowest BCUT2D eigenvalue weighted by Crippen LogP contribution is -2.05. The van der Waals surface area contributed by atoms with E-state index in [0.717, 1.165) is 27.0 Å². The largest absolute Gasteiger partial charge is 0.491 e. The van der Waals surface area contributed by atoms with Crippen molar-refractivity contribution in [2.45, 2.75) is 39.7 Å². The molecule has 19 heavy (non-hydrogen) atoms. The number of rotatable bonds is 4. The van der Waals surface area contributed by atoms with Gasteiger partial charge in [-0.1, -0.05) is 26.0 Å². The minimum absolute atomic E-state index is 0.161. The van der Waals surface area contributed by atoms with Crippen molar-refractivity contribution < 1.29 is 4.74 Å². The predicted molar refractivity (Wildman–Crippen MR) is 81.8 cm³/mol. The molecule has 2 aromatic rings. The molecule has 1 heterocycles. The number of hydrogen-bond acceptors (Lipinski definition) is 4. The van der Waals surface area contributed by atoms with E-state index in [1.165, 1.54) is 0 Å². The highest BCUT2D eigenvalue weighted by Crippen LogP contribution is 2.35. The molecular formula is C15H20N2OS. The summed E-state index contributed by atoms with van der Waals surface area (Å²) in [5, 5.41) is 1.84. The molecule has 0 amide bonds. The Kier molecular flexibility index (Phi) is 4.10. The topological polar surface area (TPSA) is 48.1 Å². The number of nitrogens with two attached hydrogens (primary N) is 1. The van der Waals surface area contributed by atoms with E-state index in [0.29, 0.717) is 5.92 Å². The fraction of sp³-hybridized carbons (Fsp3) is 0.400. The molecule has 0 atom stereocenters. The summed E-state index contributed by atoms with van der Waals surface area (Å²) in [7, 11) is 0. The van der Waals surface area contributed by atoms with Gasteiger partial charge in [0, 0.05) is 11.5 Å². The quantitative estimate of drug-likeness (QED) is 0.905. The predicted octanol–water partition coefficient (Wildman–Crippen LogP) is 4.30. The molecule has 0 fully saturated rings. The zero-order valence-corrected chi connectivity index (χ0v) is 12.6. The molecule has 0 bridgehead atoms. The molecule has 0 aliphatic heterocycles. The monoisotopic (exact) mass is 276 g/mol. The molecule has 0 saturated heterocycles. The van der Waals surface area contributed by atoms with Crippen LogP contribution in [0.4, 0.5) is 5.00 Å². The SMILES string of the molecule is CC(C)Oc1cccc(-c2nc(C(C)C)sc2N)c1. The number of aromatic nitrogens is 1. The summed E-state index contributed by atoms with van der Waals surface area (Å²) in [6.45, 7) is 8.28. The summed E-state index contributed by atoms with van der Waals surface area (Å²) in [6, 6.07) is 7.94. The molecule has 0 spiro atoms. The van der Waals surface area contributed by atoms with E-state index in [-0.39, 0.29) is 6.10 Å². The van der Waals surface area contributed by atoms with Crippen LogP contribution < -0.4 is 10.5 Å². The second-order valence-corrected chi connectivity index (χ2v) is 6.18. The third-order valence-electron chi connectivity index (χ3n) is 2.64. The number of benzene rings is 1. The Bertz CT molecular complexity index is 561. The first kappa shape index (κ1) is 13.9.